The van der Waals surface area contributed by atoms with E-state index < -0.39 is 0 Å². The predicted molar refractivity (Wildman–Crippen MR) is 64.5 cm³/mol. The minimum atomic E-state index is 0.696. The monoisotopic (exact) mass is 213 g/mol. The second kappa shape index (κ2) is 7.29. The predicted octanol–water partition coefficient (Wildman–Crippen LogP) is 1.93. The summed E-state index contributed by atoms with van der Waals surface area (Å²) in [5.41, 5.74) is 1.20. The van der Waals surface area contributed by atoms with Crippen molar-refractivity contribution in [1.29, 1.82) is 0 Å². The standard InChI is InChI=1S/C9H17N3O.C2H6/c1-8-7-10-12(5-6-13-4)9(8)11(2)3;1-2/h7H,5-6H2,1-4H3;1-2H3. The second-order valence-corrected chi connectivity index (χ2v) is 3.26. The molecular formula is C11H23N3O. The number of hydrogen-bond donors (Lipinski definition) is 0. The Hall–Kier alpha value is -1.03. The van der Waals surface area contributed by atoms with Crippen LogP contribution in [0, 0.1) is 6.92 Å². The topological polar surface area (TPSA) is 30.3 Å². The number of aromatic nitrogens is 2. The Bertz CT molecular complexity index is 269. The zero-order chi connectivity index (χ0) is 11.8. The Morgan fingerprint density at radius 2 is 2.00 bits per heavy atom. The third kappa shape index (κ3) is 3.91. The molecule has 0 amide bonds. The first-order chi connectivity index (χ1) is 7.16. The van der Waals surface area contributed by atoms with Crippen molar-refractivity contribution in [2.24, 2.45) is 0 Å². The van der Waals surface area contributed by atoms with Crippen molar-refractivity contribution in [2.45, 2.75) is 27.3 Å². The van der Waals surface area contributed by atoms with Gasteiger partial charge in [0.1, 0.15) is 5.82 Å². The van der Waals surface area contributed by atoms with E-state index >= 15 is 0 Å². The van der Waals surface area contributed by atoms with Gasteiger partial charge in [-0.2, -0.15) is 5.10 Å². The fraction of sp³-hybridized carbons (Fsp3) is 0.727. The lowest BCUT2D eigenvalue weighted by Gasteiger charge is -2.15. The van der Waals surface area contributed by atoms with Gasteiger partial charge < -0.3 is 9.64 Å². The number of ether oxygens (including phenoxy) is 1. The van der Waals surface area contributed by atoms with Crippen LogP contribution in [0.2, 0.25) is 0 Å². The van der Waals surface area contributed by atoms with Gasteiger partial charge in [-0.05, 0) is 6.92 Å². The van der Waals surface area contributed by atoms with Crippen molar-refractivity contribution in [3.8, 4) is 0 Å². The molecule has 0 atom stereocenters. The van der Waals surface area contributed by atoms with Crippen LogP contribution in [0.1, 0.15) is 19.4 Å². The van der Waals surface area contributed by atoms with E-state index in [-0.39, 0.29) is 0 Å². The molecule has 4 heteroatoms. The van der Waals surface area contributed by atoms with Crippen molar-refractivity contribution < 1.29 is 4.74 Å². The van der Waals surface area contributed by atoms with E-state index in [9.17, 15) is 0 Å². The largest absolute Gasteiger partial charge is 0.383 e. The van der Waals surface area contributed by atoms with Gasteiger partial charge in [0.25, 0.3) is 0 Å². The Balaban J connectivity index is 0.000000921. The maximum atomic E-state index is 5.01. The van der Waals surface area contributed by atoms with E-state index in [1.807, 2.05) is 38.8 Å². The van der Waals surface area contributed by atoms with E-state index in [4.69, 9.17) is 4.74 Å². The maximum Gasteiger partial charge on any atom is 0.129 e. The number of anilines is 1. The van der Waals surface area contributed by atoms with E-state index in [0.717, 1.165) is 12.4 Å². The summed E-state index contributed by atoms with van der Waals surface area (Å²) in [4.78, 5) is 2.07. The van der Waals surface area contributed by atoms with Crippen molar-refractivity contribution in [1.82, 2.24) is 9.78 Å². The van der Waals surface area contributed by atoms with Crippen molar-refractivity contribution in [3.63, 3.8) is 0 Å². The maximum absolute atomic E-state index is 5.01. The molecule has 0 fully saturated rings. The number of rotatable bonds is 4. The third-order valence-corrected chi connectivity index (χ3v) is 1.92. The molecule has 0 bridgehead atoms. The molecule has 0 saturated carbocycles. The van der Waals surface area contributed by atoms with Gasteiger partial charge in [-0.25, -0.2) is 4.68 Å². The highest BCUT2D eigenvalue weighted by Crippen LogP contribution is 2.16. The molecule has 0 N–H and O–H groups in total. The van der Waals surface area contributed by atoms with Crippen LogP contribution in [0.4, 0.5) is 5.82 Å². The summed E-state index contributed by atoms with van der Waals surface area (Å²) in [5, 5.41) is 4.27. The fourth-order valence-corrected chi connectivity index (χ4v) is 1.40. The zero-order valence-corrected chi connectivity index (χ0v) is 10.7. The SMILES string of the molecule is CC.COCCn1ncc(C)c1N(C)C. The van der Waals surface area contributed by atoms with Crippen LogP contribution in [-0.4, -0.2) is 37.6 Å². The molecule has 0 aliphatic carbocycles. The van der Waals surface area contributed by atoms with Crippen LogP contribution in [-0.2, 0) is 11.3 Å². The summed E-state index contributed by atoms with van der Waals surface area (Å²) >= 11 is 0. The molecule has 1 heterocycles. The van der Waals surface area contributed by atoms with Crippen LogP contribution in [0.25, 0.3) is 0 Å². The molecule has 0 aliphatic heterocycles. The van der Waals surface area contributed by atoms with Crippen LogP contribution >= 0.6 is 0 Å². The van der Waals surface area contributed by atoms with Gasteiger partial charge in [0, 0.05) is 26.8 Å². The molecule has 4 nitrogen and oxygen atoms in total. The second-order valence-electron chi connectivity index (χ2n) is 3.26. The Morgan fingerprint density at radius 1 is 1.40 bits per heavy atom. The van der Waals surface area contributed by atoms with Crippen LogP contribution in [0.15, 0.2) is 6.20 Å². The molecule has 0 spiro atoms. The van der Waals surface area contributed by atoms with E-state index in [1.54, 1.807) is 7.11 Å². The molecule has 0 radical (unpaired) electrons. The van der Waals surface area contributed by atoms with Gasteiger partial charge in [-0.1, -0.05) is 13.8 Å². The van der Waals surface area contributed by atoms with E-state index in [1.165, 1.54) is 5.56 Å². The van der Waals surface area contributed by atoms with Gasteiger partial charge in [-0.3, -0.25) is 0 Å². The fourth-order valence-electron chi connectivity index (χ4n) is 1.40. The van der Waals surface area contributed by atoms with Crippen molar-refractivity contribution in [3.05, 3.63) is 11.8 Å². The lowest BCUT2D eigenvalue weighted by molar-refractivity contribution is 0.184. The van der Waals surface area contributed by atoms with Crippen LogP contribution < -0.4 is 4.90 Å². The highest BCUT2D eigenvalue weighted by molar-refractivity contribution is 5.44. The van der Waals surface area contributed by atoms with Gasteiger partial charge in [0.05, 0.1) is 19.3 Å². The van der Waals surface area contributed by atoms with Gasteiger partial charge in [0.2, 0.25) is 0 Å². The average molecular weight is 213 g/mol. The lowest BCUT2D eigenvalue weighted by Crippen LogP contribution is -2.17. The summed E-state index contributed by atoms with van der Waals surface area (Å²) in [5.74, 6) is 1.15. The summed E-state index contributed by atoms with van der Waals surface area (Å²) in [7, 11) is 5.74. The molecule has 0 unspecified atom stereocenters. The lowest BCUT2D eigenvalue weighted by atomic mass is 10.3. The number of hydrogen-bond acceptors (Lipinski definition) is 3. The molecular weight excluding hydrogens is 190 g/mol. The Labute approximate surface area is 92.8 Å². The summed E-state index contributed by atoms with van der Waals surface area (Å²) in [6.07, 6.45) is 1.88. The smallest absolute Gasteiger partial charge is 0.129 e. The Morgan fingerprint density at radius 3 is 2.47 bits per heavy atom. The molecule has 88 valence electrons. The number of nitrogens with zero attached hydrogens (tertiary/aromatic N) is 3. The first kappa shape index (κ1) is 14.0. The minimum Gasteiger partial charge on any atom is -0.383 e. The van der Waals surface area contributed by atoms with Gasteiger partial charge in [0.15, 0.2) is 0 Å². The highest BCUT2D eigenvalue weighted by atomic mass is 16.5. The minimum absolute atomic E-state index is 0.696. The van der Waals surface area contributed by atoms with E-state index in [2.05, 4.69) is 16.9 Å². The molecule has 15 heavy (non-hydrogen) atoms. The highest BCUT2D eigenvalue weighted by Gasteiger charge is 2.08. The Kier molecular flexibility index (Phi) is 6.79. The molecule has 0 aliphatic rings. The summed E-state index contributed by atoms with van der Waals surface area (Å²) in [6, 6.07) is 0. The normalized spacial score (nSPS) is 9.47. The number of methoxy groups -OCH3 is 1. The van der Waals surface area contributed by atoms with Crippen molar-refractivity contribution >= 4 is 5.82 Å². The van der Waals surface area contributed by atoms with Gasteiger partial charge in [-0.15, -0.1) is 0 Å². The number of aryl methyl sites for hydroxylation is 1. The van der Waals surface area contributed by atoms with Crippen molar-refractivity contribution in [2.75, 3.05) is 32.7 Å². The molecule has 0 aromatic carbocycles. The first-order valence-corrected chi connectivity index (χ1v) is 5.35. The molecule has 1 aromatic rings. The first-order valence-electron chi connectivity index (χ1n) is 5.35. The van der Waals surface area contributed by atoms with Crippen LogP contribution in [0.5, 0.6) is 0 Å². The zero-order valence-electron chi connectivity index (χ0n) is 10.7. The van der Waals surface area contributed by atoms with Gasteiger partial charge >= 0.3 is 0 Å². The molecule has 1 rings (SSSR count). The molecule has 1 aromatic heterocycles. The third-order valence-electron chi connectivity index (χ3n) is 1.92. The van der Waals surface area contributed by atoms with E-state index in [0.29, 0.717) is 6.61 Å². The average Bonchev–Trinajstić information content (AvgIpc) is 2.59. The summed E-state index contributed by atoms with van der Waals surface area (Å²) in [6.45, 7) is 7.56. The molecule has 0 saturated heterocycles. The quantitative estimate of drug-likeness (QED) is 0.765. The summed E-state index contributed by atoms with van der Waals surface area (Å²) < 4.78 is 6.97. The van der Waals surface area contributed by atoms with Crippen LogP contribution in [0.3, 0.4) is 0 Å².